The van der Waals surface area contributed by atoms with Crippen LogP contribution in [0.25, 0.3) is 0 Å². The number of carbonyl (C=O) groups is 1. The first-order chi connectivity index (χ1) is 10.3. The quantitative estimate of drug-likeness (QED) is 0.784. The molecule has 0 saturated heterocycles. The van der Waals surface area contributed by atoms with Crippen LogP contribution in [0.5, 0.6) is 5.75 Å². The van der Waals surface area contributed by atoms with Crippen LogP contribution in [0.2, 0.25) is 0 Å². The Bertz CT molecular complexity index is 497. The predicted octanol–water partition coefficient (Wildman–Crippen LogP) is 3.41. The van der Waals surface area contributed by atoms with Crippen LogP contribution in [0.4, 0.5) is 0 Å². The van der Waals surface area contributed by atoms with E-state index in [0.29, 0.717) is 5.92 Å². The second-order valence-corrected chi connectivity index (χ2v) is 6.16. The Morgan fingerprint density at radius 3 is 2.32 bits per heavy atom. The maximum absolute atomic E-state index is 11.9. The molecular formula is C18H29NO3. The first-order valence-corrected chi connectivity index (χ1v) is 7.92. The summed E-state index contributed by atoms with van der Waals surface area (Å²) >= 11 is 0. The monoisotopic (exact) mass is 307 g/mol. The van der Waals surface area contributed by atoms with Crippen LogP contribution in [-0.2, 0) is 9.53 Å². The van der Waals surface area contributed by atoms with E-state index in [1.165, 1.54) is 5.56 Å². The fourth-order valence-electron chi connectivity index (χ4n) is 2.80. The van der Waals surface area contributed by atoms with Crippen LogP contribution in [0.1, 0.15) is 51.2 Å². The summed E-state index contributed by atoms with van der Waals surface area (Å²) in [5.74, 6) is 0.976. The lowest BCUT2D eigenvalue weighted by Crippen LogP contribution is -2.36. The SMILES string of the molecule is CC[C@H](OC(=O)[C@H](C)N)[C@H](c1ccc(OC)cc1C)C(C)C. The van der Waals surface area contributed by atoms with E-state index in [2.05, 4.69) is 26.8 Å². The number of ether oxygens (including phenoxy) is 2. The zero-order chi connectivity index (χ0) is 16.9. The Labute approximate surface area is 134 Å². The Morgan fingerprint density at radius 2 is 1.91 bits per heavy atom. The van der Waals surface area contributed by atoms with Crippen molar-refractivity contribution < 1.29 is 14.3 Å². The van der Waals surface area contributed by atoms with Crippen molar-refractivity contribution in [1.29, 1.82) is 0 Å². The van der Waals surface area contributed by atoms with E-state index in [1.54, 1.807) is 14.0 Å². The lowest BCUT2D eigenvalue weighted by atomic mass is 9.81. The van der Waals surface area contributed by atoms with Crippen LogP contribution in [-0.4, -0.2) is 25.2 Å². The van der Waals surface area contributed by atoms with E-state index >= 15 is 0 Å². The Kier molecular flexibility index (Phi) is 6.88. The third-order valence-corrected chi connectivity index (χ3v) is 4.00. The summed E-state index contributed by atoms with van der Waals surface area (Å²) in [5, 5.41) is 0. The molecule has 0 aliphatic rings. The number of benzene rings is 1. The van der Waals surface area contributed by atoms with Gasteiger partial charge in [0.1, 0.15) is 17.9 Å². The van der Waals surface area contributed by atoms with Gasteiger partial charge in [0.2, 0.25) is 0 Å². The van der Waals surface area contributed by atoms with Gasteiger partial charge in [0.15, 0.2) is 0 Å². The minimum atomic E-state index is -0.598. The topological polar surface area (TPSA) is 61.5 Å². The molecule has 4 heteroatoms. The van der Waals surface area contributed by atoms with Gasteiger partial charge in [-0.3, -0.25) is 4.79 Å². The molecule has 4 nitrogen and oxygen atoms in total. The van der Waals surface area contributed by atoms with Gasteiger partial charge < -0.3 is 15.2 Å². The van der Waals surface area contributed by atoms with Crippen molar-refractivity contribution in [1.82, 2.24) is 0 Å². The first-order valence-electron chi connectivity index (χ1n) is 7.92. The summed E-state index contributed by atoms with van der Waals surface area (Å²) in [6.45, 7) is 10.0. The molecule has 124 valence electrons. The van der Waals surface area contributed by atoms with Gasteiger partial charge in [-0.25, -0.2) is 0 Å². The van der Waals surface area contributed by atoms with E-state index in [0.717, 1.165) is 17.7 Å². The van der Waals surface area contributed by atoms with Gasteiger partial charge in [-0.2, -0.15) is 0 Å². The second kappa shape index (κ2) is 8.18. The van der Waals surface area contributed by atoms with Crippen molar-refractivity contribution >= 4 is 5.97 Å². The highest BCUT2D eigenvalue weighted by molar-refractivity contribution is 5.75. The van der Waals surface area contributed by atoms with E-state index in [1.807, 2.05) is 19.1 Å². The van der Waals surface area contributed by atoms with Crippen molar-refractivity contribution in [3.05, 3.63) is 29.3 Å². The predicted molar refractivity (Wildman–Crippen MR) is 89.1 cm³/mol. The second-order valence-electron chi connectivity index (χ2n) is 6.16. The van der Waals surface area contributed by atoms with E-state index in [-0.39, 0.29) is 18.0 Å². The molecule has 0 aromatic heterocycles. The van der Waals surface area contributed by atoms with Crippen LogP contribution >= 0.6 is 0 Å². The summed E-state index contributed by atoms with van der Waals surface area (Å²) in [7, 11) is 1.66. The van der Waals surface area contributed by atoms with Crippen molar-refractivity contribution in [3.63, 3.8) is 0 Å². The summed E-state index contributed by atoms with van der Waals surface area (Å²) < 4.78 is 10.9. The number of hydrogen-bond acceptors (Lipinski definition) is 4. The molecule has 22 heavy (non-hydrogen) atoms. The van der Waals surface area contributed by atoms with E-state index < -0.39 is 6.04 Å². The van der Waals surface area contributed by atoms with Crippen molar-refractivity contribution in [2.24, 2.45) is 11.7 Å². The van der Waals surface area contributed by atoms with Gasteiger partial charge in [-0.1, -0.05) is 26.8 Å². The number of hydrogen-bond donors (Lipinski definition) is 1. The molecule has 0 unspecified atom stereocenters. The number of nitrogens with two attached hydrogens (primary N) is 1. The van der Waals surface area contributed by atoms with Gasteiger partial charge in [0, 0.05) is 5.92 Å². The highest BCUT2D eigenvalue weighted by atomic mass is 16.5. The fraction of sp³-hybridized carbons (Fsp3) is 0.611. The van der Waals surface area contributed by atoms with E-state index in [9.17, 15) is 4.79 Å². The fourth-order valence-corrected chi connectivity index (χ4v) is 2.80. The van der Waals surface area contributed by atoms with Gasteiger partial charge in [0.25, 0.3) is 0 Å². The Hall–Kier alpha value is -1.55. The number of rotatable bonds is 7. The Morgan fingerprint density at radius 1 is 1.27 bits per heavy atom. The standard InChI is InChI=1S/C18H29NO3/c1-7-16(22-18(20)13(5)19)17(11(2)3)15-9-8-14(21-6)10-12(15)4/h8-11,13,16-17H,7,19H2,1-6H3/t13-,16-,17-/m0/s1. The number of methoxy groups -OCH3 is 1. The molecule has 0 aliphatic heterocycles. The molecule has 0 saturated carbocycles. The van der Waals surface area contributed by atoms with Crippen molar-refractivity contribution in [2.75, 3.05) is 7.11 Å². The van der Waals surface area contributed by atoms with Gasteiger partial charge in [-0.05, 0) is 49.4 Å². The first kappa shape index (κ1) is 18.5. The van der Waals surface area contributed by atoms with Gasteiger partial charge in [0.05, 0.1) is 7.11 Å². The maximum atomic E-state index is 11.9. The highest BCUT2D eigenvalue weighted by Gasteiger charge is 2.30. The lowest BCUT2D eigenvalue weighted by molar-refractivity contribution is -0.152. The molecule has 3 atom stereocenters. The summed E-state index contributed by atoms with van der Waals surface area (Å²) in [6.07, 6.45) is 0.581. The molecule has 0 spiro atoms. The van der Waals surface area contributed by atoms with Crippen LogP contribution in [0, 0.1) is 12.8 Å². The molecule has 1 aromatic carbocycles. The molecule has 0 aliphatic carbocycles. The third-order valence-electron chi connectivity index (χ3n) is 4.00. The largest absolute Gasteiger partial charge is 0.497 e. The third kappa shape index (κ3) is 4.47. The van der Waals surface area contributed by atoms with Gasteiger partial charge >= 0.3 is 5.97 Å². The zero-order valence-electron chi connectivity index (χ0n) is 14.6. The molecular weight excluding hydrogens is 278 g/mol. The number of carbonyl (C=O) groups excluding carboxylic acids is 1. The average molecular weight is 307 g/mol. The summed E-state index contributed by atoms with van der Waals surface area (Å²) in [4.78, 5) is 11.9. The Balaban J connectivity index is 3.13. The highest BCUT2D eigenvalue weighted by Crippen LogP contribution is 2.35. The van der Waals surface area contributed by atoms with Crippen molar-refractivity contribution in [2.45, 2.75) is 59.1 Å². The minimum absolute atomic E-state index is 0.138. The van der Waals surface area contributed by atoms with Crippen LogP contribution in [0.15, 0.2) is 18.2 Å². The van der Waals surface area contributed by atoms with Crippen LogP contribution in [0.3, 0.4) is 0 Å². The molecule has 1 rings (SSSR count). The smallest absolute Gasteiger partial charge is 0.322 e. The average Bonchev–Trinajstić information content (AvgIpc) is 2.47. The van der Waals surface area contributed by atoms with E-state index in [4.69, 9.17) is 15.2 Å². The molecule has 0 fully saturated rings. The zero-order valence-corrected chi connectivity index (χ0v) is 14.6. The molecule has 0 amide bonds. The summed E-state index contributed by atoms with van der Waals surface area (Å²) in [5.41, 5.74) is 7.97. The minimum Gasteiger partial charge on any atom is -0.497 e. The molecule has 2 N–H and O–H groups in total. The molecule has 0 bridgehead atoms. The molecule has 0 radical (unpaired) electrons. The number of aryl methyl sites for hydroxylation is 1. The van der Waals surface area contributed by atoms with Crippen molar-refractivity contribution in [3.8, 4) is 5.75 Å². The lowest BCUT2D eigenvalue weighted by Gasteiger charge is -2.31. The molecule has 0 heterocycles. The van der Waals surface area contributed by atoms with Crippen LogP contribution < -0.4 is 10.5 Å². The van der Waals surface area contributed by atoms with Gasteiger partial charge in [-0.15, -0.1) is 0 Å². The molecule has 1 aromatic rings. The summed E-state index contributed by atoms with van der Waals surface area (Å²) in [6, 6.07) is 5.45. The number of esters is 1. The maximum Gasteiger partial charge on any atom is 0.322 e. The normalized spacial score (nSPS) is 15.3.